The lowest BCUT2D eigenvalue weighted by atomic mass is 9.98. The third-order valence-electron chi connectivity index (χ3n) is 3.85. The summed E-state index contributed by atoms with van der Waals surface area (Å²) in [6.07, 6.45) is 1.95. The molecule has 0 saturated carbocycles. The summed E-state index contributed by atoms with van der Waals surface area (Å²) in [6.45, 7) is 3.40. The van der Waals surface area contributed by atoms with Gasteiger partial charge >= 0.3 is 5.97 Å². The maximum atomic E-state index is 11.0. The van der Waals surface area contributed by atoms with E-state index in [4.69, 9.17) is 5.11 Å². The van der Waals surface area contributed by atoms with E-state index in [0.29, 0.717) is 37.0 Å². The first-order valence-corrected chi connectivity index (χ1v) is 8.04. The van der Waals surface area contributed by atoms with Gasteiger partial charge in [-0.15, -0.1) is 12.6 Å². The third kappa shape index (κ3) is 5.07. The van der Waals surface area contributed by atoms with Gasteiger partial charge in [0.1, 0.15) is 5.70 Å². The monoisotopic (exact) mass is 358 g/mol. The molecule has 0 radical (unpaired) electrons. The number of rotatable bonds is 4. The van der Waals surface area contributed by atoms with Crippen molar-refractivity contribution in [1.82, 2.24) is 10.2 Å². The van der Waals surface area contributed by atoms with Gasteiger partial charge in [-0.1, -0.05) is 6.92 Å². The van der Waals surface area contributed by atoms with Crippen molar-refractivity contribution < 1.29 is 29.4 Å². The summed E-state index contributed by atoms with van der Waals surface area (Å²) in [5, 5.41) is 20.5. The van der Waals surface area contributed by atoms with Crippen LogP contribution in [0.5, 0.6) is 0 Å². The minimum atomic E-state index is -1.17. The van der Waals surface area contributed by atoms with Gasteiger partial charge in [0.05, 0.1) is 6.10 Å². The Morgan fingerprint density at radius 1 is 1.42 bits per heavy atom. The van der Waals surface area contributed by atoms with Crippen molar-refractivity contribution in [1.29, 1.82) is 0 Å². The number of amides is 3. The number of piperidine rings is 1. The zero-order valence-corrected chi connectivity index (χ0v) is 14.5. The van der Waals surface area contributed by atoms with Crippen LogP contribution < -0.4 is 5.32 Å². The lowest BCUT2D eigenvalue weighted by Crippen LogP contribution is -2.36. The van der Waals surface area contributed by atoms with Gasteiger partial charge in [-0.2, -0.15) is 0 Å². The van der Waals surface area contributed by atoms with Crippen LogP contribution in [0.3, 0.4) is 0 Å². The number of hydrogen-bond acceptors (Lipinski definition) is 6. The molecule has 8 nitrogen and oxygen atoms in total. The fraction of sp³-hybridized carbons (Fsp3) is 0.600. The van der Waals surface area contributed by atoms with Crippen molar-refractivity contribution >= 4 is 36.8 Å². The molecule has 3 atom stereocenters. The van der Waals surface area contributed by atoms with E-state index in [-0.39, 0.29) is 29.5 Å². The van der Waals surface area contributed by atoms with Crippen LogP contribution in [0.1, 0.15) is 39.5 Å². The average Bonchev–Trinajstić information content (AvgIpc) is 2.71. The number of aliphatic hydroxyl groups excluding tert-OH is 1. The van der Waals surface area contributed by atoms with E-state index in [9.17, 15) is 24.3 Å². The number of imide groups is 1. The van der Waals surface area contributed by atoms with Crippen LogP contribution in [-0.4, -0.2) is 51.5 Å². The first-order chi connectivity index (χ1) is 11.2. The molecule has 2 rings (SSSR count). The summed E-state index contributed by atoms with van der Waals surface area (Å²) in [4.78, 5) is 44.1. The van der Waals surface area contributed by atoms with Crippen molar-refractivity contribution in [3.63, 3.8) is 0 Å². The Morgan fingerprint density at radius 2 is 1.96 bits per heavy atom. The van der Waals surface area contributed by atoms with Crippen LogP contribution in [0.15, 0.2) is 10.6 Å². The third-order valence-corrected chi connectivity index (χ3v) is 4.47. The van der Waals surface area contributed by atoms with Gasteiger partial charge in [-0.3, -0.25) is 19.7 Å². The van der Waals surface area contributed by atoms with E-state index in [0.717, 1.165) is 4.90 Å². The Hall–Kier alpha value is -1.87. The molecule has 3 amide bonds. The van der Waals surface area contributed by atoms with Crippen LogP contribution in [-0.2, 0) is 19.2 Å². The lowest BCUT2D eigenvalue weighted by Gasteiger charge is -2.25. The number of carboxylic acid groups (broad SMARTS) is 1. The van der Waals surface area contributed by atoms with E-state index in [1.807, 2.05) is 0 Å². The molecule has 9 heteroatoms. The van der Waals surface area contributed by atoms with E-state index < -0.39 is 12.1 Å². The van der Waals surface area contributed by atoms with Gasteiger partial charge in [0, 0.05) is 29.7 Å². The molecule has 0 spiro atoms. The van der Waals surface area contributed by atoms with E-state index in [2.05, 4.69) is 17.9 Å². The van der Waals surface area contributed by atoms with E-state index >= 15 is 0 Å². The van der Waals surface area contributed by atoms with Gasteiger partial charge in [0.15, 0.2) is 0 Å². The Kier molecular flexibility index (Phi) is 7.43. The number of thiol groups is 1. The normalized spacial score (nSPS) is 24.9. The summed E-state index contributed by atoms with van der Waals surface area (Å²) < 4.78 is 0. The zero-order chi connectivity index (χ0) is 18.4. The first-order valence-electron chi connectivity index (χ1n) is 7.59. The molecule has 2 aliphatic rings. The first kappa shape index (κ1) is 20.2. The molecule has 2 heterocycles. The molecular weight excluding hydrogens is 336 g/mol. The highest BCUT2D eigenvalue weighted by molar-refractivity contribution is 7.84. The number of aliphatic carboxylic acids is 1. The summed E-state index contributed by atoms with van der Waals surface area (Å²) in [6, 6.07) is -0.337. The SMILES string of the molecule is CC(O)CC1C(C)C(S)=C(C(=O)O)N1C=O.O=C1CCCC(=O)N1. The molecule has 1 saturated heterocycles. The summed E-state index contributed by atoms with van der Waals surface area (Å²) >= 11 is 4.13. The molecular formula is C15H22N2O6S. The molecule has 24 heavy (non-hydrogen) atoms. The molecule has 0 aromatic rings. The molecule has 0 aromatic carbocycles. The number of carbonyl (C=O) groups is 4. The lowest BCUT2D eigenvalue weighted by molar-refractivity contribution is -0.137. The zero-order valence-electron chi connectivity index (χ0n) is 13.6. The molecule has 0 bridgehead atoms. The number of carbonyl (C=O) groups excluding carboxylic acids is 3. The number of hydrogen-bond donors (Lipinski definition) is 4. The van der Waals surface area contributed by atoms with Crippen molar-refractivity contribution in [3.8, 4) is 0 Å². The van der Waals surface area contributed by atoms with E-state index in [1.165, 1.54) is 0 Å². The minimum absolute atomic E-state index is 0.0866. The number of aliphatic hydroxyl groups is 1. The molecule has 2 aliphatic heterocycles. The number of nitrogens with zero attached hydrogens (tertiary/aromatic N) is 1. The van der Waals surface area contributed by atoms with Crippen molar-refractivity contribution in [3.05, 3.63) is 10.6 Å². The van der Waals surface area contributed by atoms with Crippen molar-refractivity contribution in [2.45, 2.75) is 51.7 Å². The summed E-state index contributed by atoms with van der Waals surface area (Å²) in [5.41, 5.74) is -0.0866. The second-order valence-electron chi connectivity index (χ2n) is 5.82. The minimum Gasteiger partial charge on any atom is -0.477 e. The van der Waals surface area contributed by atoms with Gasteiger partial charge in [0.25, 0.3) is 0 Å². The quantitative estimate of drug-likeness (QED) is 0.325. The Bertz CT molecular complexity index is 546. The molecule has 0 aromatic heterocycles. The Balaban J connectivity index is 0.000000300. The van der Waals surface area contributed by atoms with Crippen LogP contribution in [0, 0.1) is 5.92 Å². The fourth-order valence-corrected chi connectivity index (χ4v) is 3.03. The number of carboxylic acids is 1. The molecule has 3 N–H and O–H groups in total. The average molecular weight is 358 g/mol. The summed E-state index contributed by atoms with van der Waals surface area (Å²) in [7, 11) is 0. The molecule has 1 fully saturated rings. The number of nitrogens with one attached hydrogen (secondary N) is 1. The molecule has 3 unspecified atom stereocenters. The standard InChI is InChI=1S/C10H15NO4S.C5H7NO2/c1-5(13)3-7-6(2)9(16)8(10(14)15)11(7)4-12;7-4-2-1-3-5(8)6-4/h4-7,13,16H,3H2,1-2H3,(H,14,15);1-3H2,(H,6,7,8). The topological polar surface area (TPSA) is 124 Å². The second-order valence-corrected chi connectivity index (χ2v) is 6.30. The van der Waals surface area contributed by atoms with Crippen LogP contribution in [0.25, 0.3) is 0 Å². The van der Waals surface area contributed by atoms with Gasteiger partial charge in [-0.05, 0) is 19.8 Å². The predicted octanol–water partition coefficient (Wildman–Crippen LogP) is 0.273. The second kappa shape index (κ2) is 8.84. The van der Waals surface area contributed by atoms with Crippen molar-refractivity contribution in [2.24, 2.45) is 5.92 Å². The largest absolute Gasteiger partial charge is 0.477 e. The highest BCUT2D eigenvalue weighted by Gasteiger charge is 2.40. The van der Waals surface area contributed by atoms with E-state index in [1.54, 1.807) is 13.8 Å². The van der Waals surface area contributed by atoms with Crippen LogP contribution in [0.4, 0.5) is 0 Å². The maximum absolute atomic E-state index is 11.0. The van der Waals surface area contributed by atoms with Crippen LogP contribution >= 0.6 is 12.6 Å². The maximum Gasteiger partial charge on any atom is 0.353 e. The predicted molar refractivity (Wildman–Crippen MR) is 87.8 cm³/mol. The highest BCUT2D eigenvalue weighted by Crippen LogP contribution is 2.37. The van der Waals surface area contributed by atoms with Crippen molar-refractivity contribution in [2.75, 3.05) is 0 Å². The van der Waals surface area contributed by atoms with Gasteiger partial charge < -0.3 is 15.1 Å². The van der Waals surface area contributed by atoms with Crippen LogP contribution in [0.2, 0.25) is 0 Å². The van der Waals surface area contributed by atoms with Gasteiger partial charge in [-0.25, -0.2) is 4.79 Å². The van der Waals surface area contributed by atoms with Gasteiger partial charge in [0.2, 0.25) is 18.2 Å². The molecule has 134 valence electrons. The fourth-order valence-electron chi connectivity index (χ4n) is 2.64. The molecule has 0 aliphatic carbocycles. The summed E-state index contributed by atoms with van der Waals surface area (Å²) in [5.74, 6) is -1.62. The Labute approximate surface area is 145 Å². The smallest absolute Gasteiger partial charge is 0.353 e. The highest BCUT2D eigenvalue weighted by atomic mass is 32.1. The Morgan fingerprint density at radius 3 is 2.29 bits per heavy atom.